The molecule has 2 fully saturated rings. The third-order valence-electron chi connectivity index (χ3n) is 7.06. The smallest absolute Gasteiger partial charge is 0.243 e. The Hall–Kier alpha value is -3.72. The third kappa shape index (κ3) is 6.17. The molecule has 9 nitrogen and oxygen atoms in total. The van der Waals surface area contributed by atoms with E-state index in [9.17, 15) is 19.2 Å². The van der Waals surface area contributed by atoms with Crippen LogP contribution >= 0.6 is 0 Å². The molecule has 0 aromatic heterocycles. The minimum Gasteiger partial charge on any atom is -0.497 e. The molecule has 0 spiro atoms. The van der Waals surface area contributed by atoms with Crippen molar-refractivity contribution in [3.05, 3.63) is 65.7 Å². The van der Waals surface area contributed by atoms with Gasteiger partial charge in [0.2, 0.25) is 17.7 Å². The van der Waals surface area contributed by atoms with Crippen LogP contribution in [0.4, 0.5) is 0 Å². The molecule has 2 aromatic carbocycles. The van der Waals surface area contributed by atoms with Crippen LogP contribution in [0.1, 0.15) is 37.3 Å². The third-order valence-corrected chi connectivity index (χ3v) is 7.06. The maximum Gasteiger partial charge on any atom is 0.243 e. The van der Waals surface area contributed by atoms with Gasteiger partial charge in [-0.2, -0.15) is 0 Å². The molecular weight excluding hydrogens is 474 g/mol. The number of Topliss-reactive ketones (excluding diaryl/α,β-unsaturated/α-hetero) is 1. The number of amides is 3. The van der Waals surface area contributed by atoms with Gasteiger partial charge in [0.1, 0.15) is 23.4 Å². The van der Waals surface area contributed by atoms with Crippen molar-refractivity contribution in [1.82, 2.24) is 10.2 Å². The van der Waals surface area contributed by atoms with Crippen LogP contribution in [0.3, 0.4) is 0 Å². The standard InChI is InChI=1S/C28H33N3O6/c1-28(17-37-28)25(33)21(15-18-7-4-3-5-8-18)30-27(35)23(16-19-11-13-20(36-2)14-12-19)31-22(26(29)34)9-6-10-24(31)32/h3-5,7-8,11-14,21-23H,6,9-10,15-17H2,1-2H3,(H2,29,34)(H,30,35)/t21-,22?,23-,28+/m0/s1. The number of carbonyl (C=O) groups excluding carboxylic acids is 4. The van der Waals surface area contributed by atoms with Crippen LogP contribution in [0, 0.1) is 0 Å². The molecule has 2 aliphatic rings. The van der Waals surface area contributed by atoms with Crippen LogP contribution in [-0.4, -0.2) is 65.8 Å². The molecule has 0 aliphatic carbocycles. The zero-order valence-electron chi connectivity index (χ0n) is 21.1. The molecule has 4 rings (SSSR count). The molecule has 196 valence electrons. The minimum atomic E-state index is -1.03. The van der Waals surface area contributed by atoms with Crippen molar-refractivity contribution in [1.29, 1.82) is 0 Å². The largest absolute Gasteiger partial charge is 0.497 e. The summed E-state index contributed by atoms with van der Waals surface area (Å²) >= 11 is 0. The highest BCUT2D eigenvalue weighted by atomic mass is 16.6. The summed E-state index contributed by atoms with van der Waals surface area (Å²) in [6, 6.07) is 13.7. The Morgan fingerprint density at radius 1 is 1.11 bits per heavy atom. The molecule has 2 aliphatic heterocycles. The monoisotopic (exact) mass is 507 g/mol. The van der Waals surface area contributed by atoms with Crippen LogP contribution in [0.2, 0.25) is 0 Å². The van der Waals surface area contributed by atoms with E-state index >= 15 is 0 Å². The number of likely N-dealkylation sites (tertiary alicyclic amines) is 1. The van der Waals surface area contributed by atoms with Crippen LogP contribution in [0.5, 0.6) is 5.75 Å². The van der Waals surface area contributed by atoms with Gasteiger partial charge in [0.15, 0.2) is 5.78 Å². The SMILES string of the molecule is COc1ccc(C[C@@H](C(=O)N[C@@H](Cc2ccccc2)C(=O)[C@@]2(C)CO2)N2C(=O)CCCC2C(N)=O)cc1. The van der Waals surface area contributed by atoms with Crippen molar-refractivity contribution < 1.29 is 28.7 Å². The molecule has 37 heavy (non-hydrogen) atoms. The molecule has 2 saturated heterocycles. The average molecular weight is 508 g/mol. The zero-order chi connectivity index (χ0) is 26.6. The fourth-order valence-electron chi connectivity index (χ4n) is 4.81. The number of rotatable bonds is 11. The van der Waals surface area contributed by atoms with Crippen molar-refractivity contribution in [2.45, 2.75) is 62.8 Å². The summed E-state index contributed by atoms with van der Waals surface area (Å²) in [5.74, 6) is -1.07. The van der Waals surface area contributed by atoms with E-state index in [0.717, 1.165) is 11.1 Å². The number of nitrogens with two attached hydrogens (primary N) is 1. The Labute approximate surface area is 216 Å². The summed E-state index contributed by atoms with van der Waals surface area (Å²) in [4.78, 5) is 53.8. The molecule has 1 unspecified atom stereocenters. The second-order valence-electron chi connectivity index (χ2n) is 9.81. The van der Waals surface area contributed by atoms with E-state index in [-0.39, 0.29) is 37.6 Å². The Kier molecular flexibility index (Phi) is 7.92. The minimum absolute atomic E-state index is 0.144. The molecule has 3 N–H and O–H groups in total. The van der Waals surface area contributed by atoms with Crippen LogP contribution in [0.15, 0.2) is 54.6 Å². The number of epoxide rings is 1. The predicted molar refractivity (Wildman–Crippen MR) is 136 cm³/mol. The number of hydrogen-bond acceptors (Lipinski definition) is 6. The topological polar surface area (TPSA) is 131 Å². The van der Waals surface area contributed by atoms with Gasteiger partial charge in [0, 0.05) is 12.8 Å². The van der Waals surface area contributed by atoms with E-state index in [2.05, 4.69) is 5.32 Å². The van der Waals surface area contributed by atoms with Crippen molar-refractivity contribution >= 4 is 23.5 Å². The number of piperidine rings is 1. The van der Waals surface area contributed by atoms with Crippen molar-refractivity contribution in [3.63, 3.8) is 0 Å². The molecule has 2 heterocycles. The van der Waals surface area contributed by atoms with E-state index in [1.165, 1.54) is 4.90 Å². The molecule has 0 radical (unpaired) electrons. The highest BCUT2D eigenvalue weighted by Gasteiger charge is 2.50. The van der Waals surface area contributed by atoms with Gasteiger partial charge in [0.25, 0.3) is 0 Å². The zero-order valence-corrected chi connectivity index (χ0v) is 21.1. The number of ketones is 1. The van der Waals surface area contributed by atoms with E-state index in [4.69, 9.17) is 15.2 Å². The molecule has 2 aromatic rings. The van der Waals surface area contributed by atoms with Crippen molar-refractivity contribution in [2.75, 3.05) is 13.7 Å². The molecule has 3 amide bonds. The van der Waals surface area contributed by atoms with E-state index in [1.54, 1.807) is 38.3 Å². The molecule has 0 saturated carbocycles. The number of ether oxygens (including phenoxy) is 2. The highest BCUT2D eigenvalue weighted by molar-refractivity contribution is 5.99. The Balaban J connectivity index is 1.64. The number of benzene rings is 2. The number of primary amides is 1. The van der Waals surface area contributed by atoms with Crippen LogP contribution in [-0.2, 0) is 36.8 Å². The predicted octanol–water partition coefficient (Wildman–Crippen LogP) is 1.56. The van der Waals surface area contributed by atoms with Gasteiger partial charge in [-0.1, -0.05) is 42.5 Å². The fourth-order valence-corrected chi connectivity index (χ4v) is 4.81. The quantitative estimate of drug-likeness (QED) is 0.444. The Morgan fingerprint density at radius 3 is 2.35 bits per heavy atom. The highest BCUT2D eigenvalue weighted by Crippen LogP contribution is 2.30. The summed E-state index contributed by atoms with van der Waals surface area (Å²) < 4.78 is 10.6. The lowest BCUT2D eigenvalue weighted by atomic mass is 9.92. The Bertz CT molecular complexity index is 1150. The summed E-state index contributed by atoms with van der Waals surface area (Å²) in [7, 11) is 1.56. The first-order chi connectivity index (χ1) is 17.7. The lowest BCUT2D eigenvalue weighted by molar-refractivity contribution is -0.150. The average Bonchev–Trinajstić information content (AvgIpc) is 3.65. The second kappa shape index (κ2) is 11.1. The van der Waals surface area contributed by atoms with E-state index in [0.29, 0.717) is 18.6 Å². The van der Waals surface area contributed by atoms with Gasteiger partial charge < -0.3 is 25.4 Å². The molecular formula is C28H33N3O6. The van der Waals surface area contributed by atoms with Gasteiger partial charge in [0.05, 0.1) is 19.8 Å². The number of nitrogens with zero attached hydrogens (tertiary/aromatic N) is 1. The fraction of sp³-hybridized carbons (Fsp3) is 0.429. The molecule has 9 heteroatoms. The summed E-state index contributed by atoms with van der Waals surface area (Å²) in [5.41, 5.74) is 6.35. The Morgan fingerprint density at radius 2 is 1.76 bits per heavy atom. The van der Waals surface area contributed by atoms with Gasteiger partial charge in [-0.25, -0.2) is 0 Å². The van der Waals surface area contributed by atoms with Crippen molar-refractivity contribution in [3.8, 4) is 5.75 Å². The summed E-state index contributed by atoms with van der Waals surface area (Å²) in [6.07, 6.45) is 1.53. The first-order valence-corrected chi connectivity index (χ1v) is 12.5. The van der Waals surface area contributed by atoms with E-state index < -0.39 is 35.5 Å². The first kappa shape index (κ1) is 26.3. The van der Waals surface area contributed by atoms with Crippen LogP contribution < -0.4 is 15.8 Å². The number of nitrogens with one attached hydrogen (secondary N) is 1. The van der Waals surface area contributed by atoms with Gasteiger partial charge in [-0.3, -0.25) is 19.2 Å². The van der Waals surface area contributed by atoms with Gasteiger partial charge in [-0.05, 0) is 49.4 Å². The van der Waals surface area contributed by atoms with Gasteiger partial charge >= 0.3 is 0 Å². The molecule has 4 atom stereocenters. The molecule has 0 bridgehead atoms. The maximum absolute atomic E-state index is 13.9. The normalized spacial score (nSPS) is 22.6. The number of methoxy groups -OCH3 is 1. The van der Waals surface area contributed by atoms with Crippen LogP contribution in [0.25, 0.3) is 0 Å². The van der Waals surface area contributed by atoms with E-state index in [1.807, 2.05) is 30.3 Å². The summed E-state index contributed by atoms with van der Waals surface area (Å²) in [6.45, 7) is 1.99. The lowest BCUT2D eigenvalue weighted by Crippen LogP contribution is -2.61. The second-order valence-corrected chi connectivity index (χ2v) is 9.81. The number of hydrogen-bond donors (Lipinski definition) is 2. The number of carbonyl (C=O) groups is 4. The first-order valence-electron chi connectivity index (χ1n) is 12.5. The maximum atomic E-state index is 13.9. The lowest BCUT2D eigenvalue weighted by Gasteiger charge is -2.39. The van der Waals surface area contributed by atoms with Crippen molar-refractivity contribution in [2.24, 2.45) is 5.73 Å². The van der Waals surface area contributed by atoms with Gasteiger partial charge in [-0.15, -0.1) is 0 Å². The summed E-state index contributed by atoms with van der Waals surface area (Å²) in [5, 5.41) is 2.89.